The highest BCUT2D eigenvalue weighted by Gasteiger charge is 2.25. The van der Waals surface area contributed by atoms with Gasteiger partial charge in [0.2, 0.25) is 0 Å². The number of H-pyrrole nitrogens is 1. The highest BCUT2D eigenvalue weighted by atomic mass is 16.2. The molecular formula is C24H28N4O. The Hall–Kier alpha value is -3.08. The lowest BCUT2D eigenvalue weighted by Crippen LogP contribution is -2.38. The Bertz CT molecular complexity index is 898. The average Bonchev–Trinajstić information content (AvgIpc) is 3.33. The number of hydrogen-bond acceptors (Lipinski definition) is 3. The Morgan fingerprint density at radius 3 is 2.41 bits per heavy atom. The lowest BCUT2D eigenvalue weighted by atomic mass is 9.93. The molecule has 0 atom stereocenters. The molecule has 5 heteroatoms. The monoisotopic (exact) mass is 388 g/mol. The molecule has 0 unspecified atom stereocenters. The van der Waals surface area contributed by atoms with E-state index in [2.05, 4.69) is 58.4 Å². The van der Waals surface area contributed by atoms with Gasteiger partial charge in [-0.3, -0.25) is 9.89 Å². The summed E-state index contributed by atoms with van der Waals surface area (Å²) >= 11 is 0. The summed E-state index contributed by atoms with van der Waals surface area (Å²) in [5.74, 6) is 0.603. The van der Waals surface area contributed by atoms with E-state index in [1.54, 1.807) is 6.20 Å². The number of anilines is 1. The van der Waals surface area contributed by atoms with Crippen molar-refractivity contribution in [1.29, 1.82) is 0 Å². The maximum absolute atomic E-state index is 12.9. The van der Waals surface area contributed by atoms with E-state index in [1.165, 1.54) is 11.3 Å². The largest absolute Gasteiger partial charge is 0.367 e. The topological polar surface area (TPSA) is 52.2 Å². The van der Waals surface area contributed by atoms with Gasteiger partial charge in [-0.2, -0.15) is 5.10 Å². The van der Waals surface area contributed by atoms with Crippen LogP contribution in [0.25, 0.3) is 0 Å². The summed E-state index contributed by atoms with van der Waals surface area (Å²) in [6, 6.07) is 20.6. The van der Waals surface area contributed by atoms with Gasteiger partial charge in [-0.25, -0.2) is 0 Å². The van der Waals surface area contributed by atoms with Crippen molar-refractivity contribution < 1.29 is 4.79 Å². The van der Waals surface area contributed by atoms with E-state index in [0.29, 0.717) is 5.92 Å². The second-order valence-electron chi connectivity index (χ2n) is 7.63. The number of piperidine rings is 1. The summed E-state index contributed by atoms with van der Waals surface area (Å²) < 4.78 is 0. The van der Waals surface area contributed by atoms with Gasteiger partial charge in [-0.15, -0.1) is 0 Å². The number of nitrogens with one attached hydrogen (secondary N) is 1. The number of aromatic nitrogens is 2. The first-order valence-electron chi connectivity index (χ1n) is 10.4. The first-order chi connectivity index (χ1) is 14.2. The smallest absolute Gasteiger partial charge is 0.253 e. The molecule has 1 aliphatic heterocycles. The summed E-state index contributed by atoms with van der Waals surface area (Å²) in [6.45, 7) is 5.53. The number of aromatic amines is 1. The van der Waals surface area contributed by atoms with E-state index in [1.807, 2.05) is 29.2 Å². The number of nitrogens with zero attached hydrogens (tertiary/aromatic N) is 3. The zero-order chi connectivity index (χ0) is 20.1. The Morgan fingerprint density at radius 2 is 1.79 bits per heavy atom. The van der Waals surface area contributed by atoms with Crippen LogP contribution in [0.3, 0.4) is 0 Å². The van der Waals surface area contributed by atoms with Gasteiger partial charge in [0.25, 0.3) is 5.91 Å². The molecule has 0 bridgehead atoms. The van der Waals surface area contributed by atoms with Crippen molar-refractivity contribution in [1.82, 2.24) is 15.1 Å². The number of likely N-dealkylation sites (tertiary alicyclic amines) is 1. The van der Waals surface area contributed by atoms with E-state index < -0.39 is 0 Å². The third-order valence-corrected chi connectivity index (χ3v) is 5.82. The Balaban J connectivity index is 1.37. The lowest BCUT2D eigenvalue weighted by Gasteiger charge is -2.31. The summed E-state index contributed by atoms with van der Waals surface area (Å²) in [5, 5.41) is 7.11. The van der Waals surface area contributed by atoms with E-state index in [9.17, 15) is 4.79 Å². The maximum atomic E-state index is 12.9. The zero-order valence-corrected chi connectivity index (χ0v) is 16.9. The Morgan fingerprint density at radius 1 is 1.07 bits per heavy atom. The minimum Gasteiger partial charge on any atom is -0.367 e. The summed E-state index contributed by atoms with van der Waals surface area (Å²) in [4.78, 5) is 17.2. The third kappa shape index (κ3) is 4.50. The van der Waals surface area contributed by atoms with E-state index in [4.69, 9.17) is 0 Å². The number of amides is 1. The third-order valence-electron chi connectivity index (χ3n) is 5.82. The standard InChI is InChI=1S/C24H28N4O/c1-2-27(18-19-6-4-3-5-7-19)22-10-8-21(9-11-22)24(29)28-16-13-20(14-17-28)23-12-15-25-26-23/h3-12,15,20H,2,13-14,16-18H2,1H3,(H,25,26). The summed E-state index contributed by atoms with van der Waals surface area (Å²) in [7, 11) is 0. The summed E-state index contributed by atoms with van der Waals surface area (Å²) in [5.41, 5.74) is 4.38. The molecule has 29 heavy (non-hydrogen) atoms. The second-order valence-corrected chi connectivity index (χ2v) is 7.63. The molecule has 0 aliphatic carbocycles. The van der Waals surface area contributed by atoms with Gasteiger partial charge < -0.3 is 9.80 Å². The van der Waals surface area contributed by atoms with Gasteiger partial charge in [0, 0.05) is 55.2 Å². The molecule has 4 rings (SSSR count). The first-order valence-corrected chi connectivity index (χ1v) is 10.4. The fourth-order valence-corrected chi connectivity index (χ4v) is 4.07. The lowest BCUT2D eigenvalue weighted by molar-refractivity contribution is 0.0712. The van der Waals surface area contributed by atoms with Crippen molar-refractivity contribution >= 4 is 11.6 Å². The van der Waals surface area contributed by atoms with E-state index >= 15 is 0 Å². The molecule has 0 saturated carbocycles. The van der Waals surface area contributed by atoms with Gasteiger partial charge in [0.05, 0.1) is 0 Å². The average molecular weight is 389 g/mol. The minimum atomic E-state index is 0.130. The minimum absolute atomic E-state index is 0.130. The Kier molecular flexibility index (Phi) is 5.94. The number of benzene rings is 2. The van der Waals surface area contributed by atoms with Gasteiger partial charge >= 0.3 is 0 Å². The number of carbonyl (C=O) groups excluding carboxylic acids is 1. The fraction of sp³-hybridized carbons (Fsp3) is 0.333. The van der Waals surface area contributed by atoms with E-state index in [0.717, 1.165) is 50.3 Å². The summed E-state index contributed by atoms with van der Waals surface area (Å²) in [6.07, 6.45) is 3.76. The molecule has 5 nitrogen and oxygen atoms in total. The van der Waals surface area contributed by atoms with Crippen molar-refractivity contribution in [3.05, 3.63) is 83.7 Å². The van der Waals surface area contributed by atoms with E-state index in [-0.39, 0.29) is 5.91 Å². The van der Waals surface area contributed by atoms with Crippen molar-refractivity contribution in [3.63, 3.8) is 0 Å². The number of carbonyl (C=O) groups is 1. The van der Waals surface area contributed by atoms with Crippen molar-refractivity contribution in [2.24, 2.45) is 0 Å². The van der Waals surface area contributed by atoms with Gasteiger partial charge in [0.15, 0.2) is 0 Å². The molecule has 150 valence electrons. The molecule has 1 aliphatic rings. The van der Waals surface area contributed by atoms with Gasteiger partial charge in [-0.05, 0) is 55.7 Å². The van der Waals surface area contributed by atoms with Crippen LogP contribution in [0.1, 0.15) is 47.3 Å². The molecule has 1 fully saturated rings. The van der Waals surface area contributed by atoms with Gasteiger partial charge in [0.1, 0.15) is 0 Å². The molecular weight excluding hydrogens is 360 g/mol. The molecule has 1 saturated heterocycles. The Labute approximate surface area is 172 Å². The van der Waals surface area contributed by atoms with Gasteiger partial charge in [-0.1, -0.05) is 30.3 Å². The van der Waals surface area contributed by atoms with Crippen LogP contribution in [0.5, 0.6) is 0 Å². The van der Waals surface area contributed by atoms with Crippen molar-refractivity contribution in [3.8, 4) is 0 Å². The van der Waals surface area contributed by atoms with Crippen LogP contribution < -0.4 is 4.90 Å². The first kappa shape index (κ1) is 19.2. The van der Waals surface area contributed by atoms with Crippen LogP contribution in [-0.4, -0.2) is 40.6 Å². The van der Waals surface area contributed by atoms with Crippen LogP contribution in [0.15, 0.2) is 66.9 Å². The van der Waals surface area contributed by atoms with Crippen LogP contribution in [0.2, 0.25) is 0 Å². The molecule has 2 heterocycles. The normalized spacial score (nSPS) is 14.7. The highest BCUT2D eigenvalue weighted by Crippen LogP contribution is 2.27. The number of hydrogen-bond donors (Lipinski definition) is 1. The fourth-order valence-electron chi connectivity index (χ4n) is 4.07. The number of rotatable bonds is 6. The molecule has 0 radical (unpaired) electrons. The molecule has 0 spiro atoms. The SMILES string of the molecule is CCN(Cc1ccccc1)c1ccc(C(=O)N2CCC(c3ccn[nH]3)CC2)cc1. The molecule has 3 aromatic rings. The predicted molar refractivity (Wildman–Crippen MR) is 116 cm³/mol. The second kappa shape index (κ2) is 8.95. The highest BCUT2D eigenvalue weighted by molar-refractivity contribution is 5.94. The zero-order valence-electron chi connectivity index (χ0n) is 16.9. The van der Waals surface area contributed by atoms with Crippen LogP contribution in [-0.2, 0) is 6.54 Å². The van der Waals surface area contributed by atoms with Crippen LogP contribution >= 0.6 is 0 Å². The molecule has 1 amide bonds. The van der Waals surface area contributed by atoms with Crippen LogP contribution in [0.4, 0.5) is 5.69 Å². The van der Waals surface area contributed by atoms with Crippen LogP contribution in [0, 0.1) is 0 Å². The van der Waals surface area contributed by atoms with Crippen molar-refractivity contribution in [2.75, 3.05) is 24.5 Å². The maximum Gasteiger partial charge on any atom is 0.253 e. The molecule has 2 aromatic carbocycles. The molecule has 1 N–H and O–H groups in total. The predicted octanol–water partition coefficient (Wildman–Crippen LogP) is 4.46. The molecule has 1 aromatic heterocycles. The van der Waals surface area contributed by atoms with Crippen molar-refractivity contribution in [2.45, 2.75) is 32.2 Å². The quantitative estimate of drug-likeness (QED) is 0.678.